The topological polar surface area (TPSA) is 21.7 Å². The Bertz CT molecular complexity index is 1100. The van der Waals surface area contributed by atoms with Crippen LogP contribution in [0.1, 0.15) is 22.8 Å². The summed E-state index contributed by atoms with van der Waals surface area (Å²) in [6.45, 7) is 0. The van der Waals surface area contributed by atoms with Crippen LogP contribution in [0.5, 0.6) is 0 Å². The van der Waals surface area contributed by atoms with Crippen molar-refractivity contribution in [2.45, 2.75) is 12.2 Å². The molecule has 1 saturated heterocycles. The second-order valence-electron chi connectivity index (χ2n) is 8.07. The summed E-state index contributed by atoms with van der Waals surface area (Å²) in [7, 11) is -0.379. The molecular formula is C27H26BF2NO2. The van der Waals surface area contributed by atoms with E-state index in [2.05, 4.69) is 24.3 Å². The van der Waals surface area contributed by atoms with Gasteiger partial charge in [-0.3, -0.25) is 0 Å². The Hall–Kier alpha value is -3.35. The standard InChI is InChI=1S/C27H26BF2NO2/c1-31(2)24-18-16-22(17-19-24)26(21-10-5-3-6-11-21)15-9-14-25-20-27(33-28(29,30)32-25)23-12-7-4-8-13-23/h3-20,25,27H,1-2H3/b14-9+,26-15+. The lowest BCUT2D eigenvalue weighted by molar-refractivity contribution is 0.000823. The molecule has 3 nitrogen and oxygen atoms in total. The van der Waals surface area contributed by atoms with Crippen molar-refractivity contribution in [3.05, 3.63) is 126 Å². The van der Waals surface area contributed by atoms with Crippen LogP contribution >= 0.6 is 0 Å². The van der Waals surface area contributed by atoms with E-state index in [0.717, 1.165) is 22.4 Å². The van der Waals surface area contributed by atoms with E-state index in [9.17, 15) is 8.63 Å². The van der Waals surface area contributed by atoms with Crippen LogP contribution in [0.4, 0.5) is 14.3 Å². The van der Waals surface area contributed by atoms with Gasteiger partial charge < -0.3 is 22.8 Å². The molecule has 0 aromatic heterocycles. The highest BCUT2D eigenvalue weighted by Gasteiger charge is 2.45. The zero-order valence-corrected chi connectivity index (χ0v) is 18.6. The van der Waals surface area contributed by atoms with Crippen molar-refractivity contribution in [2.24, 2.45) is 0 Å². The summed E-state index contributed by atoms with van der Waals surface area (Å²) in [4.78, 5) is 2.04. The Kier molecular flexibility index (Phi) is 6.97. The van der Waals surface area contributed by atoms with Gasteiger partial charge in [0.25, 0.3) is 0 Å². The third-order valence-electron chi connectivity index (χ3n) is 5.46. The molecule has 0 spiro atoms. The van der Waals surface area contributed by atoms with E-state index in [1.807, 2.05) is 61.5 Å². The second-order valence-corrected chi connectivity index (χ2v) is 8.07. The Morgan fingerprint density at radius 1 is 0.848 bits per heavy atom. The molecule has 0 amide bonds. The first-order valence-corrected chi connectivity index (χ1v) is 10.9. The number of rotatable bonds is 6. The van der Waals surface area contributed by atoms with Crippen molar-refractivity contribution in [1.82, 2.24) is 0 Å². The van der Waals surface area contributed by atoms with Crippen LogP contribution in [0.2, 0.25) is 0 Å². The Balaban J connectivity index is 1.59. The highest BCUT2D eigenvalue weighted by atomic mass is 19.3. The molecule has 33 heavy (non-hydrogen) atoms. The molecule has 2 atom stereocenters. The van der Waals surface area contributed by atoms with Crippen molar-refractivity contribution in [1.29, 1.82) is 0 Å². The van der Waals surface area contributed by atoms with Gasteiger partial charge in [-0.2, -0.15) is 0 Å². The zero-order valence-electron chi connectivity index (χ0n) is 18.6. The van der Waals surface area contributed by atoms with E-state index in [1.54, 1.807) is 42.8 Å². The fourth-order valence-electron chi connectivity index (χ4n) is 3.77. The Morgan fingerprint density at radius 3 is 2.09 bits per heavy atom. The van der Waals surface area contributed by atoms with Gasteiger partial charge >= 0.3 is 7.11 Å². The van der Waals surface area contributed by atoms with E-state index >= 15 is 0 Å². The third-order valence-corrected chi connectivity index (χ3v) is 5.46. The molecule has 0 saturated carbocycles. The average Bonchev–Trinajstić information content (AvgIpc) is 2.82. The van der Waals surface area contributed by atoms with Gasteiger partial charge in [0, 0.05) is 25.3 Å². The van der Waals surface area contributed by atoms with Crippen molar-refractivity contribution < 1.29 is 17.9 Å². The molecular weight excluding hydrogens is 419 g/mol. The SMILES string of the molecule is CN(C)c1ccc(/C(=C/C=C/C2[CH+]C(c3ccccc3)O[B-](F)(F)O2)c2ccccc2)cc1. The molecule has 2 unspecified atom stereocenters. The number of hydrogen-bond acceptors (Lipinski definition) is 3. The molecule has 0 aliphatic carbocycles. The van der Waals surface area contributed by atoms with Crippen LogP contribution in [0, 0.1) is 6.42 Å². The molecule has 4 rings (SSSR count). The van der Waals surface area contributed by atoms with E-state index in [4.69, 9.17) is 9.31 Å². The highest BCUT2D eigenvalue weighted by Crippen LogP contribution is 2.35. The summed E-state index contributed by atoms with van der Waals surface area (Å²) in [5.41, 5.74) is 4.82. The molecule has 0 N–H and O–H groups in total. The molecule has 1 aliphatic heterocycles. The van der Waals surface area contributed by atoms with Gasteiger partial charge in [0.15, 0.2) is 12.2 Å². The predicted molar refractivity (Wildman–Crippen MR) is 131 cm³/mol. The fourth-order valence-corrected chi connectivity index (χ4v) is 3.77. The summed E-state index contributed by atoms with van der Waals surface area (Å²) in [6, 6.07) is 27.2. The van der Waals surface area contributed by atoms with Crippen molar-refractivity contribution in [2.75, 3.05) is 19.0 Å². The minimum absolute atomic E-state index is 0.669. The maximum atomic E-state index is 14.2. The quantitative estimate of drug-likeness (QED) is 0.246. The maximum absolute atomic E-state index is 14.2. The van der Waals surface area contributed by atoms with Crippen LogP contribution in [-0.2, 0) is 9.31 Å². The Labute approximate surface area is 194 Å². The molecule has 1 aliphatic rings. The smallest absolute Gasteiger partial charge is 0.470 e. The van der Waals surface area contributed by atoms with E-state index in [-0.39, 0.29) is 0 Å². The first-order valence-electron chi connectivity index (χ1n) is 10.9. The van der Waals surface area contributed by atoms with Gasteiger partial charge in [0.2, 0.25) is 0 Å². The summed E-state index contributed by atoms with van der Waals surface area (Å²) in [6.07, 6.45) is 5.26. The van der Waals surface area contributed by atoms with Crippen molar-refractivity contribution in [3.63, 3.8) is 0 Å². The minimum Gasteiger partial charge on any atom is -0.470 e. The Morgan fingerprint density at radius 2 is 1.45 bits per heavy atom. The van der Waals surface area contributed by atoms with E-state index < -0.39 is 19.3 Å². The predicted octanol–water partition coefficient (Wildman–Crippen LogP) is 6.48. The van der Waals surface area contributed by atoms with Crippen molar-refractivity contribution in [3.8, 4) is 0 Å². The lowest BCUT2D eigenvalue weighted by atomic mass is 9.95. The first kappa shape index (κ1) is 22.8. The van der Waals surface area contributed by atoms with Crippen LogP contribution in [-0.4, -0.2) is 27.3 Å². The highest BCUT2D eigenvalue weighted by molar-refractivity contribution is 6.52. The number of anilines is 1. The third kappa shape index (κ3) is 5.92. The van der Waals surface area contributed by atoms with Crippen LogP contribution in [0.3, 0.4) is 0 Å². The summed E-state index contributed by atoms with van der Waals surface area (Å²) in [5.74, 6) is 0. The number of nitrogens with zero attached hydrogens (tertiary/aromatic N) is 1. The molecule has 3 aromatic rings. The molecule has 1 fully saturated rings. The fraction of sp³-hybridized carbons (Fsp3) is 0.148. The molecule has 0 radical (unpaired) electrons. The average molecular weight is 445 g/mol. The van der Waals surface area contributed by atoms with Crippen LogP contribution < -0.4 is 4.90 Å². The van der Waals surface area contributed by atoms with Gasteiger partial charge in [0.1, 0.15) is 6.42 Å². The summed E-state index contributed by atoms with van der Waals surface area (Å²) >= 11 is 0. The van der Waals surface area contributed by atoms with E-state index in [0.29, 0.717) is 5.56 Å². The minimum atomic E-state index is -4.37. The van der Waals surface area contributed by atoms with Crippen LogP contribution in [0.25, 0.3) is 5.57 Å². The lowest BCUT2D eigenvalue weighted by Gasteiger charge is -2.35. The largest absolute Gasteiger partial charge is 0.608 e. The maximum Gasteiger partial charge on any atom is 0.608 e. The van der Waals surface area contributed by atoms with Crippen molar-refractivity contribution >= 4 is 18.4 Å². The summed E-state index contributed by atoms with van der Waals surface area (Å²) < 4.78 is 38.1. The number of allylic oxidation sites excluding steroid dienone is 2. The summed E-state index contributed by atoms with van der Waals surface area (Å²) in [5, 5.41) is 0. The number of halogens is 2. The van der Waals surface area contributed by atoms with Gasteiger partial charge in [-0.25, -0.2) is 0 Å². The molecule has 0 bridgehead atoms. The van der Waals surface area contributed by atoms with E-state index in [1.165, 1.54) is 0 Å². The number of hydrogen-bond donors (Lipinski definition) is 0. The van der Waals surface area contributed by atoms with Gasteiger partial charge in [-0.15, -0.1) is 0 Å². The van der Waals surface area contributed by atoms with Gasteiger partial charge in [-0.1, -0.05) is 84.9 Å². The monoisotopic (exact) mass is 445 g/mol. The molecule has 1 heterocycles. The van der Waals surface area contributed by atoms with Crippen LogP contribution in [0.15, 0.2) is 103 Å². The van der Waals surface area contributed by atoms with Gasteiger partial charge in [-0.05, 0) is 34.9 Å². The molecule has 168 valence electrons. The molecule has 3 aromatic carbocycles. The first-order chi connectivity index (χ1) is 15.9. The normalized spacial score (nSPS) is 20.4. The zero-order chi connectivity index (χ0) is 23.3. The lowest BCUT2D eigenvalue weighted by Crippen LogP contribution is -2.43. The number of benzene rings is 3. The second kappa shape index (κ2) is 10.1. The molecule has 6 heteroatoms. The van der Waals surface area contributed by atoms with Gasteiger partial charge in [0.05, 0.1) is 0 Å².